The molecule has 0 saturated carbocycles. The molecule has 234 valence electrons. The van der Waals surface area contributed by atoms with Crippen LogP contribution in [0.15, 0.2) is 21.7 Å². The van der Waals surface area contributed by atoms with Crippen molar-refractivity contribution in [1.82, 2.24) is 0 Å². The lowest BCUT2D eigenvalue weighted by molar-refractivity contribution is -0.146. The molecule has 1 heterocycles. The minimum absolute atomic E-state index is 0.0136. The number of esters is 2. The Hall–Kier alpha value is -5.26. The average Bonchev–Trinajstić information content (AvgIpc) is 3.12. The van der Waals surface area contributed by atoms with Crippen LogP contribution in [0.4, 0.5) is 0 Å². The molecule has 6 rings (SSSR count). The summed E-state index contributed by atoms with van der Waals surface area (Å²) in [5.74, 6) is -1.71. The zero-order chi connectivity index (χ0) is 32.5. The molecule has 0 radical (unpaired) electrons. The number of aromatic hydroxyl groups is 2. The van der Waals surface area contributed by atoms with E-state index in [1.165, 1.54) is 40.2 Å². The summed E-state index contributed by atoms with van der Waals surface area (Å²) in [6, 6.07) is 2.46. The van der Waals surface area contributed by atoms with Crippen LogP contribution in [0.5, 0.6) is 34.5 Å². The van der Waals surface area contributed by atoms with Crippen molar-refractivity contribution in [3.8, 4) is 34.5 Å². The second-order valence-corrected chi connectivity index (χ2v) is 11.1. The predicted octanol–water partition coefficient (Wildman–Crippen LogP) is 4.04. The number of carbonyl (C=O) groups is 2. The number of phenols is 2. The van der Waals surface area contributed by atoms with Crippen molar-refractivity contribution in [3.05, 3.63) is 43.7 Å². The third-order valence-electron chi connectivity index (χ3n) is 8.12. The summed E-state index contributed by atoms with van der Waals surface area (Å²) < 4.78 is 34.1. The molecule has 5 aromatic rings. The van der Waals surface area contributed by atoms with E-state index < -0.39 is 46.5 Å². The van der Waals surface area contributed by atoms with Gasteiger partial charge in [-0.05, 0) is 24.6 Å². The maximum absolute atomic E-state index is 13.7. The van der Waals surface area contributed by atoms with Crippen LogP contribution in [0, 0.1) is 0 Å². The van der Waals surface area contributed by atoms with Gasteiger partial charge in [0.2, 0.25) is 6.79 Å². The lowest BCUT2D eigenvalue weighted by Crippen LogP contribution is -2.18. The van der Waals surface area contributed by atoms with Gasteiger partial charge < -0.3 is 38.6 Å². The zero-order valence-corrected chi connectivity index (χ0v) is 25.4. The summed E-state index contributed by atoms with van der Waals surface area (Å²) >= 11 is 0. The van der Waals surface area contributed by atoms with Crippen LogP contribution in [0.3, 0.4) is 0 Å². The van der Waals surface area contributed by atoms with E-state index in [0.29, 0.717) is 32.7 Å². The number of methoxy groups -OCH3 is 2. The topological polar surface area (TPSA) is 164 Å². The van der Waals surface area contributed by atoms with E-state index in [1.54, 1.807) is 13.8 Å². The molecule has 0 aliphatic carbocycles. The lowest BCUT2D eigenvalue weighted by Gasteiger charge is -2.25. The third kappa shape index (κ3) is 4.42. The number of hydrogen-bond donors (Lipinski definition) is 2. The Bertz CT molecular complexity index is 2020. The fourth-order valence-corrected chi connectivity index (χ4v) is 6.77. The zero-order valence-electron chi connectivity index (χ0n) is 25.4. The number of hydrogen-bond acceptors (Lipinski definition) is 12. The van der Waals surface area contributed by atoms with Crippen LogP contribution in [0.25, 0.3) is 43.1 Å². The maximum Gasteiger partial charge on any atom is 0.302 e. The highest BCUT2D eigenvalue weighted by atomic mass is 16.7. The number of ether oxygens (including phenoxy) is 6. The molecule has 2 N–H and O–H groups in total. The van der Waals surface area contributed by atoms with Crippen LogP contribution >= 0.6 is 0 Å². The highest BCUT2D eigenvalue weighted by Gasteiger charge is 2.34. The number of phenolic OH excluding ortho intramolecular Hbond substituents is 2. The van der Waals surface area contributed by atoms with E-state index in [1.807, 2.05) is 0 Å². The molecule has 5 aromatic carbocycles. The van der Waals surface area contributed by atoms with Gasteiger partial charge in [-0.15, -0.1) is 0 Å². The molecule has 12 heteroatoms. The largest absolute Gasteiger partial charge is 0.504 e. The van der Waals surface area contributed by atoms with E-state index >= 15 is 0 Å². The smallest absolute Gasteiger partial charge is 0.302 e. The number of carbonyl (C=O) groups excluding carboxylic acids is 2. The van der Waals surface area contributed by atoms with E-state index in [9.17, 15) is 29.4 Å². The van der Waals surface area contributed by atoms with Crippen LogP contribution in [0.2, 0.25) is 0 Å². The van der Waals surface area contributed by atoms with Crippen LogP contribution in [-0.2, 0) is 31.9 Å². The first-order valence-corrected chi connectivity index (χ1v) is 14.2. The molecular formula is C33H30O12. The SMILES string of the molecule is COc1c(O)c2c(=O)cc3c4c5c(cc(=O)c6c(O)c(OC)c(C[C@@H](C)OC(C)=O)c(c(c1C[C@@H](C)OC(C)=O)c24)c65)OCO3. The van der Waals surface area contributed by atoms with Gasteiger partial charge in [-0.3, -0.25) is 19.2 Å². The molecule has 12 nitrogen and oxygen atoms in total. The summed E-state index contributed by atoms with van der Waals surface area (Å²) in [7, 11) is 2.67. The van der Waals surface area contributed by atoms with Gasteiger partial charge in [0.05, 0.1) is 25.0 Å². The molecule has 2 atom stereocenters. The fourth-order valence-electron chi connectivity index (χ4n) is 6.77. The first kappa shape index (κ1) is 29.8. The van der Waals surface area contributed by atoms with Gasteiger partial charge in [0.1, 0.15) is 23.7 Å². The molecule has 1 aliphatic rings. The standard InChI is InChI=1S/C33H30O12/c1-12(44-14(3)34)7-16-22-23-17(8-13(2)45-15(4)35)33(41-6)31(39)25-19(37)10-21-27(29(23)25)26-20(42-11-43-21)9-18(36)24(28(22)26)30(38)32(16)40-5/h9-10,12-13,38-39H,7-8,11H2,1-6H3/t12-,13-/m1/s1. The predicted molar refractivity (Wildman–Crippen MR) is 164 cm³/mol. The third-order valence-corrected chi connectivity index (χ3v) is 8.12. The molecule has 0 unspecified atom stereocenters. The van der Waals surface area contributed by atoms with Crippen LogP contribution in [0.1, 0.15) is 38.8 Å². The Kier molecular flexibility index (Phi) is 7.10. The van der Waals surface area contributed by atoms with E-state index in [-0.39, 0.29) is 64.2 Å². The van der Waals surface area contributed by atoms with Crippen molar-refractivity contribution in [3.63, 3.8) is 0 Å². The second kappa shape index (κ2) is 10.7. The average molecular weight is 619 g/mol. The molecule has 0 aromatic heterocycles. The molecule has 0 saturated heterocycles. The van der Waals surface area contributed by atoms with Crippen molar-refractivity contribution >= 4 is 55.0 Å². The fraction of sp³-hybridized carbons (Fsp3) is 0.333. The maximum atomic E-state index is 13.7. The Morgan fingerprint density at radius 2 is 1.07 bits per heavy atom. The van der Waals surface area contributed by atoms with E-state index in [4.69, 9.17) is 28.4 Å². The minimum atomic E-state index is -0.723. The molecule has 0 amide bonds. The van der Waals surface area contributed by atoms with Gasteiger partial charge in [0.25, 0.3) is 0 Å². The number of benzene rings is 5. The Morgan fingerprint density at radius 3 is 1.40 bits per heavy atom. The van der Waals surface area contributed by atoms with Crippen molar-refractivity contribution in [2.24, 2.45) is 0 Å². The summed E-state index contributed by atoms with van der Waals surface area (Å²) in [4.78, 5) is 51.2. The van der Waals surface area contributed by atoms with Crippen LogP contribution < -0.4 is 29.8 Å². The van der Waals surface area contributed by atoms with Crippen molar-refractivity contribution in [2.45, 2.75) is 52.7 Å². The monoisotopic (exact) mass is 618 g/mol. The number of fused-ring (bicyclic) bond motifs is 1. The van der Waals surface area contributed by atoms with Crippen molar-refractivity contribution < 1.29 is 48.2 Å². The van der Waals surface area contributed by atoms with Gasteiger partial charge in [0, 0.05) is 71.5 Å². The lowest BCUT2D eigenvalue weighted by atomic mass is 9.81. The van der Waals surface area contributed by atoms with E-state index in [0.717, 1.165) is 0 Å². The van der Waals surface area contributed by atoms with Crippen molar-refractivity contribution in [1.29, 1.82) is 0 Å². The Balaban J connectivity index is 1.99. The molecule has 1 aliphatic heterocycles. The van der Waals surface area contributed by atoms with Gasteiger partial charge >= 0.3 is 11.9 Å². The van der Waals surface area contributed by atoms with Gasteiger partial charge in [0.15, 0.2) is 33.9 Å². The highest BCUT2D eigenvalue weighted by molar-refractivity contribution is 6.38. The Labute approximate surface area is 255 Å². The van der Waals surface area contributed by atoms with Crippen LogP contribution in [-0.4, -0.2) is 55.4 Å². The normalized spacial score (nSPS) is 13.9. The molecule has 0 fully saturated rings. The van der Waals surface area contributed by atoms with Crippen molar-refractivity contribution in [2.75, 3.05) is 21.0 Å². The molecular weight excluding hydrogens is 588 g/mol. The first-order valence-electron chi connectivity index (χ1n) is 14.2. The molecule has 45 heavy (non-hydrogen) atoms. The minimum Gasteiger partial charge on any atom is -0.504 e. The van der Waals surface area contributed by atoms with Gasteiger partial charge in [-0.25, -0.2) is 0 Å². The van der Waals surface area contributed by atoms with Gasteiger partial charge in [-0.2, -0.15) is 0 Å². The summed E-state index contributed by atoms with van der Waals surface area (Å²) in [5.41, 5.74) is -0.421. The molecule has 0 spiro atoms. The first-order chi connectivity index (χ1) is 21.4. The molecule has 0 bridgehead atoms. The quantitative estimate of drug-likeness (QED) is 0.146. The van der Waals surface area contributed by atoms with Gasteiger partial charge in [-0.1, -0.05) is 0 Å². The summed E-state index contributed by atoms with van der Waals surface area (Å²) in [6.07, 6.45) is -1.42. The number of rotatable bonds is 8. The highest BCUT2D eigenvalue weighted by Crippen LogP contribution is 2.56. The second-order valence-electron chi connectivity index (χ2n) is 11.1. The summed E-state index contributed by atoms with van der Waals surface area (Å²) in [5, 5.41) is 25.1. The van der Waals surface area contributed by atoms with E-state index in [2.05, 4.69) is 0 Å². The Morgan fingerprint density at radius 1 is 0.689 bits per heavy atom. The summed E-state index contributed by atoms with van der Waals surface area (Å²) in [6.45, 7) is 5.55.